The molecule has 1 heterocycles. The number of benzene rings is 3. The summed E-state index contributed by atoms with van der Waals surface area (Å²) in [4.78, 5) is 27.3. The summed E-state index contributed by atoms with van der Waals surface area (Å²) in [5.74, 6) is 0.792. The maximum Gasteiger partial charge on any atom is 0.262 e. The van der Waals surface area contributed by atoms with Crippen molar-refractivity contribution in [2.24, 2.45) is 0 Å². The molecule has 1 N–H and O–H groups in total. The van der Waals surface area contributed by atoms with Gasteiger partial charge in [-0.05, 0) is 48.4 Å². The number of anilines is 1. The zero-order chi connectivity index (χ0) is 24.1. The number of carbonyl (C=O) groups excluding carboxylic acids is 2. The van der Waals surface area contributed by atoms with E-state index in [0.29, 0.717) is 48.0 Å². The molecule has 0 saturated heterocycles. The quantitative estimate of drug-likeness (QED) is 0.544. The molecule has 0 aliphatic carbocycles. The molecule has 1 aliphatic heterocycles. The average molecular weight is 464 g/mol. The van der Waals surface area contributed by atoms with Crippen molar-refractivity contribution in [3.63, 3.8) is 0 Å². The van der Waals surface area contributed by atoms with Crippen molar-refractivity contribution in [3.05, 3.63) is 83.2 Å². The average Bonchev–Trinajstić information content (AvgIpc) is 2.86. The Morgan fingerprint density at radius 2 is 1.82 bits per heavy atom. The van der Waals surface area contributed by atoms with Gasteiger partial charge in [0.15, 0.2) is 6.61 Å². The first-order valence-electron chi connectivity index (χ1n) is 10.8. The Morgan fingerprint density at radius 3 is 2.56 bits per heavy atom. The topological polar surface area (TPSA) is 77.1 Å². The summed E-state index contributed by atoms with van der Waals surface area (Å²) in [6, 6.07) is 16.4. The van der Waals surface area contributed by atoms with Gasteiger partial charge in [0.25, 0.3) is 11.8 Å². The molecule has 0 radical (unpaired) electrons. The van der Waals surface area contributed by atoms with Gasteiger partial charge in [0.1, 0.15) is 23.1 Å². The second kappa shape index (κ2) is 10.2. The molecule has 0 fully saturated rings. The van der Waals surface area contributed by atoms with Crippen molar-refractivity contribution in [2.45, 2.75) is 13.0 Å². The molecule has 0 unspecified atom stereocenters. The van der Waals surface area contributed by atoms with Gasteiger partial charge in [-0.3, -0.25) is 9.59 Å². The molecule has 4 rings (SSSR count). The Morgan fingerprint density at radius 1 is 1.03 bits per heavy atom. The minimum Gasteiger partial charge on any atom is -0.497 e. The van der Waals surface area contributed by atoms with Crippen molar-refractivity contribution in [1.29, 1.82) is 0 Å². The molecule has 0 spiro atoms. The summed E-state index contributed by atoms with van der Waals surface area (Å²) >= 11 is 0. The molecule has 34 heavy (non-hydrogen) atoms. The van der Waals surface area contributed by atoms with Crippen LogP contribution in [0, 0.1) is 5.82 Å². The maximum absolute atomic E-state index is 13.2. The minimum absolute atomic E-state index is 0.122. The summed E-state index contributed by atoms with van der Waals surface area (Å²) in [6.07, 6.45) is 0.590. The van der Waals surface area contributed by atoms with Gasteiger partial charge in [0.2, 0.25) is 0 Å². The Balaban J connectivity index is 1.41. The molecule has 7 nitrogen and oxygen atoms in total. The number of nitrogens with zero attached hydrogens (tertiary/aromatic N) is 1. The van der Waals surface area contributed by atoms with Crippen LogP contribution in [0.4, 0.5) is 10.1 Å². The highest BCUT2D eigenvalue weighted by molar-refractivity contribution is 5.97. The van der Waals surface area contributed by atoms with Crippen LogP contribution in [0.2, 0.25) is 0 Å². The Kier molecular flexibility index (Phi) is 6.96. The smallest absolute Gasteiger partial charge is 0.262 e. The van der Waals surface area contributed by atoms with E-state index in [2.05, 4.69) is 5.32 Å². The van der Waals surface area contributed by atoms with Crippen LogP contribution in [0.15, 0.2) is 60.7 Å². The first-order chi connectivity index (χ1) is 16.5. The van der Waals surface area contributed by atoms with Gasteiger partial charge < -0.3 is 24.4 Å². The lowest BCUT2D eigenvalue weighted by atomic mass is 9.97. The molecule has 176 valence electrons. The fourth-order valence-electron chi connectivity index (χ4n) is 3.87. The summed E-state index contributed by atoms with van der Waals surface area (Å²) in [7, 11) is 3.06. The molecule has 0 saturated carbocycles. The first-order valence-corrected chi connectivity index (χ1v) is 10.8. The van der Waals surface area contributed by atoms with Crippen LogP contribution in [0.25, 0.3) is 0 Å². The third kappa shape index (κ3) is 5.11. The van der Waals surface area contributed by atoms with Crippen LogP contribution < -0.4 is 19.5 Å². The molecular weight excluding hydrogens is 439 g/mol. The molecule has 0 bridgehead atoms. The number of hydrogen-bond donors (Lipinski definition) is 1. The number of ether oxygens (including phenoxy) is 3. The summed E-state index contributed by atoms with van der Waals surface area (Å²) < 4.78 is 29.4. The van der Waals surface area contributed by atoms with E-state index in [1.807, 2.05) is 0 Å². The molecule has 0 aromatic heterocycles. The predicted octanol–water partition coefficient (Wildman–Crippen LogP) is 4.06. The number of fused-ring (bicyclic) bond motifs is 1. The summed E-state index contributed by atoms with van der Waals surface area (Å²) in [5, 5.41) is 2.76. The molecule has 1 aliphatic rings. The van der Waals surface area contributed by atoms with Gasteiger partial charge in [-0.25, -0.2) is 4.39 Å². The highest BCUT2D eigenvalue weighted by atomic mass is 19.1. The zero-order valence-corrected chi connectivity index (χ0v) is 19.0. The molecule has 3 aromatic rings. The first kappa shape index (κ1) is 23.1. The lowest BCUT2D eigenvalue weighted by Crippen LogP contribution is -2.37. The third-order valence-electron chi connectivity index (χ3n) is 5.61. The lowest BCUT2D eigenvalue weighted by Gasteiger charge is -2.29. The fraction of sp³-hybridized carbons (Fsp3) is 0.231. The van der Waals surface area contributed by atoms with Gasteiger partial charge in [-0.15, -0.1) is 0 Å². The van der Waals surface area contributed by atoms with Crippen molar-refractivity contribution >= 4 is 17.5 Å². The van der Waals surface area contributed by atoms with E-state index in [0.717, 1.165) is 11.1 Å². The molecule has 0 atom stereocenters. The monoisotopic (exact) mass is 464 g/mol. The van der Waals surface area contributed by atoms with Crippen LogP contribution >= 0.6 is 0 Å². The normalized spacial score (nSPS) is 12.7. The maximum atomic E-state index is 13.2. The fourth-order valence-corrected chi connectivity index (χ4v) is 3.87. The largest absolute Gasteiger partial charge is 0.497 e. The van der Waals surface area contributed by atoms with Crippen LogP contribution in [-0.4, -0.2) is 44.1 Å². The molecule has 8 heteroatoms. The minimum atomic E-state index is -0.360. The number of hydrogen-bond acceptors (Lipinski definition) is 5. The standard InChI is InChI=1S/C26H25FN2O5/c1-32-19-10-11-22(24(14-19)33-2)28-25(30)16-34-23-5-3-4-21-20(23)12-13-29(26(21)31)15-17-6-8-18(27)9-7-17/h3-11,14H,12-13,15-16H2,1-2H3,(H,28,30). The molecule has 3 aromatic carbocycles. The molecular formula is C26H25FN2O5. The number of nitrogens with one attached hydrogen (secondary N) is 1. The van der Waals surface area contributed by atoms with Crippen LogP contribution in [0.5, 0.6) is 17.2 Å². The van der Waals surface area contributed by atoms with E-state index >= 15 is 0 Å². The van der Waals surface area contributed by atoms with E-state index in [1.165, 1.54) is 19.2 Å². The van der Waals surface area contributed by atoms with Crippen LogP contribution in [-0.2, 0) is 17.8 Å². The summed E-state index contributed by atoms with van der Waals surface area (Å²) in [5.41, 5.74) is 2.68. The van der Waals surface area contributed by atoms with E-state index in [-0.39, 0.29) is 24.2 Å². The number of halogens is 1. The van der Waals surface area contributed by atoms with Crippen molar-refractivity contribution in [2.75, 3.05) is 32.7 Å². The Hall–Kier alpha value is -4.07. The van der Waals surface area contributed by atoms with E-state index < -0.39 is 0 Å². The van der Waals surface area contributed by atoms with Crippen molar-refractivity contribution < 1.29 is 28.2 Å². The zero-order valence-electron chi connectivity index (χ0n) is 19.0. The van der Waals surface area contributed by atoms with Gasteiger partial charge in [-0.1, -0.05) is 18.2 Å². The van der Waals surface area contributed by atoms with E-state index in [1.54, 1.807) is 60.5 Å². The number of carbonyl (C=O) groups is 2. The van der Waals surface area contributed by atoms with Gasteiger partial charge >= 0.3 is 0 Å². The second-order valence-electron chi connectivity index (χ2n) is 7.79. The Bertz CT molecular complexity index is 1200. The predicted molar refractivity (Wildman–Crippen MR) is 125 cm³/mol. The number of methoxy groups -OCH3 is 2. The third-order valence-corrected chi connectivity index (χ3v) is 5.61. The van der Waals surface area contributed by atoms with Gasteiger partial charge in [0.05, 0.1) is 19.9 Å². The van der Waals surface area contributed by atoms with Crippen molar-refractivity contribution in [1.82, 2.24) is 4.90 Å². The highest BCUT2D eigenvalue weighted by Gasteiger charge is 2.27. The lowest BCUT2D eigenvalue weighted by molar-refractivity contribution is -0.118. The summed E-state index contributed by atoms with van der Waals surface area (Å²) in [6.45, 7) is 0.674. The van der Waals surface area contributed by atoms with Crippen molar-refractivity contribution in [3.8, 4) is 17.2 Å². The number of amides is 2. The van der Waals surface area contributed by atoms with Gasteiger partial charge in [0, 0.05) is 30.3 Å². The van der Waals surface area contributed by atoms with Gasteiger partial charge in [-0.2, -0.15) is 0 Å². The SMILES string of the molecule is COc1ccc(NC(=O)COc2cccc3c2CCN(Cc2ccc(F)cc2)C3=O)c(OC)c1. The van der Waals surface area contributed by atoms with Crippen LogP contribution in [0.3, 0.4) is 0 Å². The molecule has 2 amide bonds. The Labute approximate surface area is 197 Å². The van der Waals surface area contributed by atoms with E-state index in [9.17, 15) is 14.0 Å². The number of rotatable bonds is 8. The van der Waals surface area contributed by atoms with E-state index in [4.69, 9.17) is 14.2 Å². The highest BCUT2D eigenvalue weighted by Crippen LogP contribution is 2.30. The second-order valence-corrected chi connectivity index (χ2v) is 7.79. The van der Waals surface area contributed by atoms with Crippen LogP contribution in [0.1, 0.15) is 21.5 Å².